The van der Waals surface area contributed by atoms with E-state index in [9.17, 15) is 18.3 Å². The Bertz CT molecular complexity index is 821. The second kappa shape index (κ2) is 8.79. The van der Waals surface area contributed by atoms with Gasteiger partial charge < -0.3 is 14.6 Å². The molecule has 0 saturated heterocycles. The highest BCUT2D eigenvalue weighted by molar-refractivity contribution is 7.89. The van der Waals surface area contributed by atoms with Crippen LogP contribution in [0.3, 0.4) is 0 Å². The Morgan fingerprint density at radius 2 is 1.73 bits per heavy atom. The molecule has 0 aliphatic rings. The lowest BCUT2D eigenvalue weighted by Gasteiger charge is -2.22. The third kappa shape index (κ3) is 4.81. The normalized spacial score (nSPS) is 13.7. The lowest BCUT2D eigenvalue weighted by Crippen LogP contribution is -2.45. The third-order valence-corrected chi connectivity index (χ3v) is 5.11. The van der Waals surface area contributed by atoms with Crippen LogP contribution in [-0.4, -0.2) is 39.3 Å². The summed E-state index contributed by atoms with van der Waals surface area (Å²) in [6.45, 7) is 1.66. The van der Waals surface area contributed by atoms with Crippen molar-refractivity contribution in [3.8, 4) is 5.75 Å². The molecule has 26 heavy (non-hydrogen) atoms. The second-order valence-electron chi connectivity index (χ2n) is 5.38. The first-order valence-electron chi connectivity index (χ1n) is 7.95. The molecular weight excluding hydrogens is 358 g/mol. The summed E-state index contributed by atoms with van der Waals surface area (Å²) in [6, 6.07) is 12.5. The van der Waals surface area contributed by atoms with Gasteiger partial charge >= 0.3 is 5.97 Å². The van der Waals surface area contributed by atoms with Crippen LogP contribution in [0, 0.1) is 0 Å². The molecule has 7 nitrogen and oxygen atoms in total. The average Bonchev–Trinajstić information content (AvgIpc) is 2.66. The molecule has 0 aliphatic carbocycles. The summed E-state index contributed by atoms with van der Waals surface area (Å²) in [5.74, 6) is -0.365. The van der Waals surface area contributed by atoms with Crippen LogP contribution in [0.4, 0.5) is 0 Å². The van der Waals surface area contributed by atoms with Crippen molar-refractivity contribution in [3.05, 3.63) is 60.2 Å². The van der Waals surface area contributed by atoms with E-state index >= 15 is 0 Å². The minimum absolute atomic E-state index is 0.0567. The fourth-order valence-corrected chi connectivity index (χ4v) is 3.50. The smallest absolute Gasteiger partial charge is 0.327 e. The molecule has 0 bridgehead atoms. The molecule has 8 heteroatoms. The van der Waals surface area contributed by atoms with Crippen molar-refractivity contribution < 1.29 is 27.8 Å². The highest BCUT2D eigenvalue weighted by Gasteiger charge is 2.34. The number of hydrogen-bond donors (Lipinski definition) is 2. The average molecular weight is 379 g/mol. The lowest BCUT2D eigenvalue weighted by atomic mass is 10.0. The predicted molar refractivity (Wildman–Crippen MR) is 95.1 cm³/mol. The first-order valence-corrected chi connectivity index (χ1v) is 9.43. The van der Waals surface area contributed by atoms with Crippen LogP contribution in [0.1, 0.15) is 18.6 Å². The van der Waals surface area contributed by atoms with Crippen molar-refractivity contribution in [3.63, 3.8) is 0 Å². The van der Waals surface area contributed by atoms with E-state index in [2.05, 4.69) is 4.72 Å². The summed E-state index contributed by atoms with van der Waals surface area (Å²) in [6.07, 6.45) is -1.40. The number of hydrogen-bond acceptors (Lipinski definition) is 6. The Morgan fingerprint density at radius 3 is 2.27 bits per heavy atom. The van der Waals surface area contributed by atoms with Crippen LogP contribution < -0.4 is 9.46 Å². The van der Waals surface area contributed by atoms with Crippen molar-refractivity contribution in [1.82, 2.24) is 4.72 Å². The molecule has 2 N–H and O–H groups in total. The third-order valence-electron chi connectivity index (χ3n) is 3.65. The molecule has 0 heterocycles. The van der Waals surface area contributed by atoms with Gasteiger partial charge in [-0.25, -0.2) is 8.42 Å². The Hall–Kier alpha value is -2.42. The number of sulfonamides is 1. The van der Waals surface area contributed by atoms with Gasteiger partial charge in [-0.05, 0) is 36.8 Å². The van der Waals surface area contributed by atoms with Crippen LogP contribution in [0.2, 0.25) is 0 Å². The number of aliphatic hydroxyl groups excluding tert-OH is 1. The number of carbonyl (C=O) groups is 1. The van der Waals surface area contributed by atoms with Gasteiger partial charge in [-0.1, -0.05) is 30.3 Å². The molecule has 0 spiro atoms. The summed E-state index contributed by atoms with van der Waals surface area (Å²) in [7, 11) is -2.60. The van der Waals surface area contributed by atoms with E-state index in [4.69, 9.17) is 9.47 Å². The number of aliphatic hydroxyl groups is 1. The minimum Gasteiger partial charge on any atom is -0.497 e. The fourth-order valence-electron chi connectivity index (χ4n) is 2.31. The van der Waals surface area contributed by atoms with Crippen LogP contribution in [-0.2, 0) is 19.6 Å². The van der Waals surface area contributed by atoms with E-state index in [-0.39, 0.29) is 11.5 Å². The summed E-state index contributed by atoms with van der Waals surface area (Å²) in [5.41, 5.74) is 0.392. The number of carbonyl (C=O) groups excluding carboxylic acids is 1. The lowest BCUT2D eigenvalue weighted by molar-refractivity contribution is -0.148. The Kier molecular flexibility index (Phi) is 6.73. The summed E-state index contributed by atoms with van der Waals surface area (Å²) < 4.78 is 37.4. The maximum atomic E-state index is 12.6. The largest absolute Gasteiger partial charge is 0.497 e. The first-order chi connectivity index (χ1) is 12.4. The molecule has 0 amide bonds. The molecule has 140 valence electrons. The minimum atomic E-state index is -4.07. The van der Waals surface area contributed by atoms with E-state index in [0.717, 1.165) is 0 Å². The van der Waals surface area contributed by atoms with Gasteiger partial charge in [0.1, 0.15) is 17.9 Å². The van der Waals surface area contributed by atoms with E-state index in [0.29, 0.717) is 11.3 Å². The van der Waals surface area contributed by atoms with E-state index in [1.807, 2.05) is 0 Å². The topological polar surface area (TPSA) is 102 Å². The number of benzene rings is 2. The van der Waals surface area contributed by atoms with Crippen molar-refractivity contribution in [2.24, 2.45) is 0 Å². The number of nitrogens with one attached hydrogen (secondary N) is 1. The van der Waals surface area contributed by atoms with Gasteiger partial charge in [-0.3, -0.25) is 4.79 Å². The SMILES string of the molecule is CCOC(=O)C(NS(=O)(=O)c1ccc(OC)cc1)C(O)c1ccccc1. The molecule has 2 aromatic carbocycles. The zero-order valence-corrected chi connectivity index (χ0v) is 15.3. The summed E-state index contributed by atoms with van der Waals surface area (Å²) in [5, 5.41) is 10.5. The second-order valence-corrected chi connectivity index (χ2v) is 7.10. The highest BCUT2D eigenvalue weighted by Crippen LogP contribution is 2.21. The van der Waals surface area contributed by atoms with Gasteiger partial charge in [-0.15, -0.1) is 0 Å². The van der Waals surface area contributed by atoms with Crippen LogP contribution in [0.15, 0.2) is 59.5 Å². The quantitative estimate of drug-likeness (QED) is 0.676. The molecule has 0 aliphatic heterocycles. The van der Waals surface area contributed by atoms with Gasteiger partial charge in [-0.2, -0.15) is 4.72 Å². The van der Waals surface area contributed by atoms with Gasteiger partial charge in [0.25, 0.3) is 0 Å². The van der Waals surface area contributed by atoms with Crippen molar-refractivity contribution in [1.29, 1.82) is 0 Å². The zero-order valence-electron chi connectivity index (χ0n) is 14.5. The maximum Gasteiger partial charge on any atom is 0.327 e. The van der Waals surface area contributed by atoms with E-state index < -0.39 is 28.1 Å². The van der Waals surface area contributed by atoms with E-state index in [1.54, 1.807) is 37.3 Å². The number of rotatable bonds is 8. The number of methoxy groups -OCH3 is 1. The standard InChI is InChI=1S/C18H21NO6S/c1-3-25-18(21)16(17(20)13-7-5-4-6-8-13)19-26(22,23)15-11-9-14(24-2)10-12-15/h4-12,16-17,19-20H,3H2,1-2H3. The van der Waals surface area contributed by atoms with Crippen molar-refractivity contribution in [2.45, 2.75) is 24.0 Å². The number of esters is 1. The molecule has 2 unspecified atom stereocenters. The monoisotopic (exact) mass is 379 g/mol. The molecule has 0 fully saturated rings. The molecule has 2 aromatic rings. The molecule has 0 saturated carbocycles. The van der Waals surface area contributed by atoms with Gasteiger partial charge in [0, 0.05) is 0 Å². The van der Waals surface area contributed by atoms with Crippen molar-refractivity contribution >= 4 is 16.0 Å². The predicted octanol–water partition coefficient (Wildman–Crippen LogP) is 1.64. The molecule has 2 rings (SSSR count). The van der Waals surface area contributed by atoms with Crippen LogP contribution in [0.5, 0.6) is 5.75 Å². The zero-order chi connectivity index (χ0) is 19.2. The number of ether oxygens (including phenoxy) is 2. The van der Waals surface area contributed by atoms with Crippen molar-refractivity contribution in [2.75, 3.05) is 13.7 Å². The molecule has 2 atom stereocenters. The maximum absolute atomic E-state index is 12.6. The molecular formula is C18H21NO6S. The Labute approximate surface area is 152 Å². The van der Waals surface area contributed by atoms with Gasteiger partial charge in [0.15, 0.2) is 0 Å². The van der Waals surface area contributed by atoms with Crippen LogP contribution in [0.25, 0.3) is 0 Å². The molecule has 0 aromatic heterocycles. The first kappa shape index (κ1) is 19.9. The van der Waals surface area contributed by atoms with Crippen LogP contribution >= 0.6 is 0 Å². The van der Waals surface area contributed by atoms with Gasteiger partial charge in [0.2, 0.25) is 10.0 Å². The molecule has 0 radical (unpaired) electrons. The summed E-state index contributed by atoms with van der Waals surface area (Å²) in [4.78, 5) is 12.2. The summed E-state index contributed by atoms with van der Waals surface area (Å²) >= 11 is 0. The Balaban J connectivity index is 2.31. The van der Waals surface area contributed by atoms with Gasteiger partial charge in [0.05, 0.1) is 18.6 Å². The highest BCUT2D eigenvalue weighted by atomic mass is 32.2. The van der Waals surface area contributed by atoms with E-state index in [1.165, 1.54) is 31.4 Å². The Morgan fingerprint density at radius 1 is 1.12 bits per heavy atom. The fraction of sp³-hybridized carbons (Fsp3) is 0.278.